The van der Waals surface area contributed by atoms with Gasteiger partial charge in [0.1, 0.15) is 0 Å². The Morgan fingerprint density at radius 3 is 2.25 bits per heavy atom. The van der Waals surface area contributed by atoms with E-state index in [2.05, 4.69) is 0 Å². The first-order valence-corrected chi connectivity index (χ1v) is 5.10. The van der Waals surface area contributed by atoms with Crippen molar-refractivity contribution in [3.8, 4) is 0 Å². The highest BCUT2D eigenvalue weighted by Crippen LogP contribution is 2.47. The van der Waals surface area contributed by atoms with Crippen molar-refractivity contribution in [3.05, 3.63) is 35.4 Å². The van der Waals surface area contributed by atoms with Crippen LogP contribution < -0.4 is 0 Å². The van der Waals surface area contributed by atoms with E-state index in [1.807, 2.05) is 24.3 Å². The molecular formula is C12H16O4. The van der Waals surface area contributed by atoms with Gasteiger partial charge >= 0.3 is 0 Å². The van der Waals surface area contributed by atoms with Gasteiger partial charge in [-0.1, -0.05) is 24.3 Å². The zero-order chi connectivity index (χ0) is 11.8. The summed E-state index contributed by atoms with van der Waals surface area (Å²) in [6.07, 6.45) is 0.459. The molecule has 1 aromatic carbocycles. The first-order valence-electron chi connectivity index (χ1n) is 5.10. The van der Waals surface area contributed by atoms with Crippen molar-refractivity contribution in [2.75, 3.05) is 21.3 Å². The molecule has 1 aliphatic carbocycles. The minimum Gasteiger partial charge on any atom is -0.358 e. The van der Waals surface area contributed by atoms with Crippen LogP contribution in [0.2, 0.25) is 0 Å². The molecule has 16 heavy (non-hydrogen) atoms. The van der Waals surface area contributed by atoms with E-state index in [1.165, 1.54) is 21.3 Å². The van der Waals surface area contributed by atoms with Crippen molar-refractivity contribution in [2.45, 2.75) is 18.0 Å². The van der Waals surface area contributed by atoms with Gasteiger partial charge < -0.3 is 19.3 Å². The molecule has 0 amide bonds. The molecular weight excluding hydrogens is 208 g/mol. The molecule has 1 aromatic rings. The summed E-state index contributed by atoms with van der Waals surface area (Å²) in [5.41, 5.74) is 1.66. The van der Waals surface area contributed by atoms with Crippen LogP contribution in [-0.2, 0) is 26.4 Å². The summed E-state index contributed by atoms with van der Waals surface area (Å²) < 4.78 is 15.9. The Balaban J connectivity index is 2.58. The van der Waals surface area contributed by atoms with Gasteiger partial charge in [-0.05, 0) is 5.56 Å². The van der Waals surface area contributed by atoms with E-state index in [0.717, 1.165) is 5.56 Å². The summed E-state index contributed by atoms with van der Waals surface area (Å²) in [7, 11) is 4.44. The molecule has 1 unspecified atom stereocenters. The molecule has 1 atom stereocenters. The van der Waals surface area contributed by atoms with Crippen molar-refractivity contribution >= 4 is 0 Å². The molecule has 0 radical (unpaired) electrons. The molecule has 88 valence electrons. The smallest absolute Gasteiger partial charge is 0.249 e. The van der Waals surface area contributed by atoms with Gasteiger partial charge in [0.25, 0.3) is 0 Å². The number of fused-ring (bicyclic) bond motifs is 1. The fourth-order valence-corrected chi connectivity index (χ4v) is 2.35. The third-order valence-corrected chi connectivity index (χ3v) is 3.28. The van der Waals surface area contributed by atoms with E-state index in [9.17, 15) is 5.11 Å². The van der Waals surface area contributed by atoms with Crippen LogP contribution in [0.5, 0.6) is 0 Å². The van der Waals surface area contributed by atoms with Gasteiger partial charge in [-0.15, -0.1) is 0 Å². The zero-order valence-corrected chi connectivity index (χ0v) is 9.69. The first-order chi connectivity index (χ1) is 7.63. The molecule has 1 N–H and O–H groups in total. The summed E-state index contributed by atoms with van der Waals surface area (Å²) in [6.45, 7) is 0. The maximum atomic E-state index is 10.6. The van der Waals surface area contributed by atoms with Crippen LogP contribution in [0.4, 0.5) is 0 Å². The number of hydrogen-bond acceptors (Lipinski definition) is 4. The molecule has 0 saturated heterocycles. The highest BCUT2D eigenvalue weighted by Gasteiger charge is 2.59. The Morgan fingerprint density at radius 2 is 1.69 bits per heavy atom. The van der Waals surface area contributed by atoms with Gasteiger partial charge in [0.2, 0.25) is 11.6 Å². The van der Waals surface area contributed by atoms with Gasteiger partial charge in [0, 0.05) is 33.3 Å². The molecule has 0 saturated carbocycles. The van der Waals surface area contributed by atoms with Gasteiger partial charge in [-0.3, -0.25) is 0 Å². The summed E-state index contributed by atoms with van der Waals surface area (Å²) in [6, 6.07) is 7.51. The molecule has 0 bridgehead atoms. The molecule has 4 nitrogen and oxygen atoms in total. The topological polar surface area (TPSA) is 47.9 Å². The molecule has 0 spiro atoms. The van der Waals surface area contributed by atoms with E-state index >= 15 is 0 Å². The number of methoxy groups -OCH3 is 3. The Kier molecular flexibility index (Phi) is 2.75. The van der Waals surface area contributed by atoms with Crippen LogP contribution in [0.1, 0.15) is 11.1 Å². The SMILES string of the molecule is COC1(OC)Cc2ccccc2C1(O)OC. The molecule has 4 heteroatoms. The van der Waals surface area contributed by atoms with E-state index < -0.39 is 11.6 Å². The van der Waals surface area contributed by atoms with Crippen LogP contribution in [0, 0.1) is 0 Å². The number of hydrogen-bond donors (Lipinski definition) is 1. The third-order valence-electron chi connectivity index (χ3n) is 3.28. The minimum atomic E-state index is -1.56. The Bertz CT molecular complexity index is 386. The van der Waals surface area contributed by atoms with Gasteiger partial charge in [0.15, 0.2) is 0 Å². The quantitative estimate of drug-likeness (QED) is 0.779. The average molecular weight is 224 g/mol. The normalized spacial score (nSPS) is 26.8. The van der Waals surface area contributed by atoms with Gasteiger partial charge in [-0.25, -0.2) is 0 Å². The lowest BCUT2D eigenvalue weighted by molar-refractivity contribution is -0.380. The molecule has 1 aliphatic rings. The van der Waals surface area contributed by atoms with Gasteiger partial charge in [-0.2, -0.15) is 0 Å². The second-order valence-electron chi connectivity index (χ2n) is 3.84. The van der Waals surface area contributed by atoms with E-state index in [1.54, 1.807) is 0 Å². The van der Waals surface area contributed by atoms with Crippen LogP contribution in [0.3, 0.4) is 0 Å². The van der Waals surface area contributed by atoms with E-state index in [-0.39, 0.29) is 0 Å². The van der Waals surface area contributed by atoms with E-state index in [4.69, 9.17) is 14.2 Å². The lowest BCUT2D eigenvalue weighted by atomic mass is 10.1. The number of aliphatic hydroxyl groups is 1. The Morgan fingerprint density at radius 1 is 1.06 bits per heavy atom. The second-order valence-corrected chi connectivity index (χ2v) is 3.84. The summed E-state index contributed by atoms with van der Waals surface area (Å²) >= 11 is 0. The molecule has 0 aromatic heterocycles. The highest BCUT2D eigenvalue weighted by molar-refractivity contribution is 5.39. The predicted molar refractivity (Wildman–Crippen MR) is 57.8 cm³/mol. The lowest BCUT2D eigenvalue weighted by Crippen LogP contribution is -2.53. The number of benzene rings is 1. The van der Waals surface area contributed by atoms with Crippen molar-refractivity contribution in [3.63, 3.8) is 0 Å². The maximum absolute atomic E-state index is 10.6. The largest absolute Gasteiger partial charge is 0.358 e. The molecule has 0 fully saturated rings. The van der Waals surface area contributed by atoms with Crippen LogP contribution in [-0.4, -0.2) is 32.2 Å². The molecule has 0 heterocycles. The molecule has 0 aliphatic heterocycles. The summed E-state index contributed by atoms with van der Waals surface area (Å²) in [5, 5.41) is 10.6. The Labute approximate surface area is 94.8 Å². The second kappa shape index (κ2) is 3.82. The minimum absolute atomic E-state index is 0.459. The van der Waals surface area contributed by atoms with E-state index in [0.29, 0.717) is 12.0 Å². The molecule has 2 rings (SSSR count). The third kappa shape index (κ3) is 1.25. The van der Waals surface area contributed by atoms with Crippen molar-refractivity contribution in [1.82, 2.24) is 0 Å². The van der Waals surface area contributed by atoms with Crippen LogP contribution in [0.25, 0.3) is 0 Å². The van der Waals surface area contributed by atoms with Crippen molar-refractivity contribution in [2.24, 2.45) is 0 Å². The highest BCUT2D eigenvalue weighted by atomic mass is 16.8. The lowest BCUT2D eigenvalue weighted by Gasteiger charge is -2.38. The fraction of sp³-hybridized carbons (Fsp3) is 0.500. The van der Waals surface area contributed by atoms with Gasteiger partial charge in [0.05, 0.1) is 0 Å². The van der Waals surface area contributed by atoms with Crippen LogP contribution in [0.15, 0.2) is 24.3 Å². The Hall–Kier alpha value is -0.940. The summed E-state index contributed by atoms with van der Waals surface area (Å²) in [4.78, 5) is 0. The number of ether oxygens (including phenoxy) is 3. The average Bonchev–Trinajstić information content (AvgIpc) is 2.60. The zero-order valence-electron chi connectivity index (χ0n) is 9.69. The summed E-state index contributed by atoms with van der Waals surface area (Å²) in [5.74, 6) is -2.74. The van der Waals surface area contributed by atoms with Crippen LogP contribution >= 0.6 is 0 Å². The van der Waals surface area contributed by atoms with Crippen molar-refractivity contribution < 1.29 is 19.3 Å². The van der Waals surface area contributed by atoms with Crippen molar-refractivity contribution in [1.29, 1.82) is 0 Å². The number of rotatable bonds is 3. The monoisotopic (exact) mass is 224 g/mol. The predicted octanol–water partition coefficient (Wildman–Crippen LogP) is 1.02. The fourth-order valence-electron chi connectivity index (χ4n) is 2.35. The first kappa shape index (κ1) is 11.5. The maximum Gasteiger partial charge on any atom is 0.249 e. The standard InChI is InChI=1S/C12H16O4/c1-14-11(15-2)8-9-6-4-5-7-10(9)12(11,13)16-3/h4-7,13H,8H2,1-3H3.